The molecule has 1 aromatic rings. The largest absolute Gasteiger partial charge is 0.362 e. The molecule has 3 nitrogen and oxygen atoms in total. The van der Waals surface area contributed by atoms with Gasteiger partial charge in [0.15, 0.2) is 5.11 Å². The van der Waals surface area contributed by atoms with E-state index < -0.39 is 0 Å². The van der Waals surface area contributed by atoms with Crippen molar-refractivity contribution < 1.29 is 4.79 Å². The molecule has 0 spiro atoms. The van der Waals surface area contributed by atoms with Crippen molar-refractivity contribution in [2.45, 2.75) is 96.8 Å². The number of carbonyl (C=O) groups excluding carboxylic acids is 1. The van der Waals surface area contributed by atoms with Crippen LogP contribution in [0.1, 0.15) is 107 Å². The number of amides is 1. The predicted octanol–water partition coefficient (Wildman–Crippen LogP) is 7.38. The summed E-state index contributed by atoms with van der Waals surface area (Å²) in [4.78, 5) is 12.1. The highest BCUT2D eigenvalue weighted by Gasteiger charge is 2.07. The lowest BCUT2D eigenvalue weighted by Crippen LogP contribution is -2.39. The molecule has 29 heavy (non-hydrogen) atoms. The Morgan fingerprint density at radius 2 is 1.38 bits per heavy atom. The molecule has 1 rings (SSSR count). The highest BCUT2D eigenvalue weighted by molar-refractivity contribution is 14.1. The van der Waals surface area contributed by atoms with Crippen LogP contribution in [0.25, 0.3) is 0 Å². The van der Waals surface area contributed by atoms with Crippen molar-refractivity contribution in [3.8, 4) is 0 Å². The van der Waals surface area contributed by atoms with E-state index in [1.165, 1.54) is 83.5 Å². The van der Waals surface area contributed by atoms with Crippen LogP contribution in [-0.4, -0.2) is 17.6 Å². The first-order valence-corrected chi connectivity index (χ1v) is 13.0. The van der Waals surface area contributed by atoms with Crippen LogP contribution < -0.4 is 10.6 Å². The summed E-state index contributed by atoms with van der Waals surface area (Å²) in [5.74, 6) is -0.151. The maximum absolute atomic E-state index is 12.1. The third kappa shape index (κ3) is 14.9. The van der Waals surface area contributed by atoms with Gasteiger partial charge in [0.05, 0.1) is 0 Å². The molecule has 0 unspecified atom stereocenters. The molecule has 0 saturated heterocycles. The number of hydrogen-bond acceptors (Lipinski definition) is 2. The number of benzene rings is 1. The normalized spacial score (nSPS) is 10.7. The Bertz CT molecular complexity index is 580. The van der Waals surface area contributed by atoms with Gasteiger partial charge in [-0.25, -0.2) is 0 Å². The fourth-order valence-corrected chi connectivity index (χ4v) is 4.11. The lowest BCUT2D eigenvalue weighted by atomic mass is 10.0. The van der Waals surface area contributed by atoms with Crippen LogP contribution in [0.4, 0.5) is 0 Å². The molecular weight excluding hydrogens is 491 g/mol. The van der Waals surface area contributed by atoms with Crippen LogP contribution >= 0.6 is 34.8 Å². The smallest absolute Gasteiger partial charge is 0.257 e. The molecule has 0 aliphatic rings. The van der Waals surface area contributed by atoms with Gasteiger partial charge in [-0.1, -0.05) is 96.5 Å². The number of carbonyl (C=O) groups is 1. The van der Waals surface area contributed by atoms with Crippen LogP contribution in [-0.2, 0) is 0 Å². The van der Waals surface area contributed by atoms with Gasteiger partial charge in [0.1, 0.15) is 0 Å². The zero-order valence-corrected chi connectivity index (χ0v) is 21.1. The molecule has 1 aromatic carbocycles. The summed E-state index contributed by atoms with van der Waals surface area (Å²) in [6, 6.07) is 7.49. The molecule has 0 saturated carbocycles. The summed E-state index contributed by atoms with van der Waals surface area (Å²) in [6.07, 6.45) is 19.0. The first kappa shape index (κ1) is 26.3. The molecule has 1 amide bonds. The van der Waals surface area contributed by atoms with Gasteiger partial charge in [0.25, 0.3) is 5.91 Å². The van der Waals surface area contributed by atoms with E-state index in [-0.39, 0.29) is 5.91 Å². The van der Waals surface area contributed by atoms with Crippen molar-refractivity contribution in [1.82, 2.24) is 10.6 Å². The summed E-state index contributed by atoms with van der Waals surface area (Å²) < 4.78 is 1.04. The van der Waals surface area contributed by atoms with Crippen LogP contribution in [0.15, 0.2) is 24.3 Å². The second kappa shape index (κ2) is 18.1. The Hall–Kier alpha value is -0.690. The molecule has 0 heterocycles. The van der Waals surface area contributed by atoms with Gasteiger partial charge in [0.2, 0.25) is 0 Å². The van der Waals surface area contributed by atoms with Crippen molar-refractivity contribution in [3.63, 3.8) is 0 Å². The van der Waals surface area contributed by atoms with Crippen molar-refractivity contribution in [3.05, 3.63) is 33.4 Å². The maximum atomic E-state index is 12.1. The van der Waals surface area contributed by atoms with Crippen LogP contribution in [0.2, 0.25) is 0 Å². The third-order valence-corrected chi connectivity index (χ3v) is 6.05. The summed E-state index contributed by atoms with van der Waals surface area (Å²) in [5, 5.41) is 6.31. The van der Waals surface area contributed by atoms with E-state index in [0.29, 0.717) is 10.7 Å². The van der Waals surface area contributed by atoms with E-state index in [0.717, 1.165) is 16.5 Å². The molecule has 0 aliphatic carbocycles. The van der Waals surface area contributed by atoms with Gasteiger partial charge in [-0.05, 0) is 59.4 Å². The number of rotatable bonds is 16. The zero-order chi connectivity index (χ0) is 21.2. The molecule has 5 heteroatoms. The first-order valence-electron chi connectivity index (χ1n) is 11.5. The fourth-order valence-electron chi connectivity index (χ4n) is 3.37. The zero-order valence-electron chi connectivity index (χ0n) is 18.1. The number of hydrogen-bond donors (Lipinski definition) is 2. The Morgan fingerprint density at radius 1 is 0.862 bits per heavy atom. The van der Waals surface area contributed by atoms with Crippen LogP contribution in [0.3, 0.4) is 0 Å². The van der Waals surface area contributed by atoms with Crippen LogP contribution in [0.5, 0.6) is 0 Å². The molecule has 2 N–H and O–H groups in total. The minimum atomic E-state index is -0.151. The second-order valence-electron chi connectivity index (χ2n) is 7.82. The van der Waals surface area contributed by atoms with Gasteiger partial charge >= 0.3 is 0 Å². The lowest BCUT2D eigenvalue weighted by molar-refractivity contribution is 0.0976. The molecule has 0 aliphatic heterocycles. The second-order valence-corrected chi connectivity index (χ2v) is 9.47. The van der Waals surface area contributed by atoms with E-state index in [9.17, 15) is 4.79 Å². The van der Waals surface area contributed by atoms with Gasteiger partial charge in [-0.15, -0.1) is 0 Å². The quantitative estimate of drug-likeness (QED) is 0.133. The maximum Gasteiger partial charge on any atom is 0.257 e. The number of unbranched alkanes of at least 4 members (excludes halogenated alkanes) is 13. The summed E-state index contributed by atoms with van der Waals surface area (Å²) in [7, 11) is 0. The number of halogens is 1. The monoisotopic (exact) mass is 530 g/mol. The highest BCUT2D eigenvalue weighted by Crippen LogP contribution is 2.13. The summed E-state index contributed by atoms with van der Waals surface area (Å²) in [5.41, 5.74) is 0.637. The molecule has 0 radical (unpaired) electrons. The first-order chi connectivity index (χ1) is 14.1. The average Bonchev–Trinajstić information content (AvgIpc) is 2.71. The van der Waals surface area contributed by atoms with Crippen molar-refractivity contribution >= 4 is 45.8 Å². The molecule has 0 fully saturated rings. The highest BCUT2D eigenvalue weighted by atomic mass is 127. The minimum Gasteiger partial charge on any atom is -0.362 e. The lowest BCUT2D eigenvalue weighted by Gasteiger charge is -2.09. The van der Waals surface area contributed by atoms with Gasteiger partial charge in [-0.3, -0.25) is 10.1 Å². The van der Waals surface area contributed by atoms with Crippen molar-refractivity contribution in [2.75, 3.05) is 6.54 Å². The standard InChI is InChI=1S/C24H39IN2OS/c1-2-3-4-5-6-7-8-9-10-11-12-13-14-15-19-26-24(29)27-23(28)21-17-16-18-22(25)20-21/h16-18,20H,2-15,19H2,1H3,(H2,26,27,28,29). The van der Waals surface area contributed by atoms with Crippen LogP contribution in [0, 0.1) is 3.57 Å². The predicted molar refractivity (Wildman–Crippen MR) is 138 cm³/mol. The van der Waals surface area contributed by atoms with Gasteiger partial charge in [-0.2, -0.15) is 0 Å². The molecule has 0 bridgehead atoms. The number of nitrogens with one attached hydrogen (secondary N) is 2. The summed E-state index contributed by atoms with van der Waals surface area (Å²) >= 11 is 7.42. The Balaban J connectivity index is 1.88. The van der Waals surface area contributed by atoms with Gasteiger partial charge in [0, 0.05) is 15.7 Å². The SMILES string of the molecule is CCCCCCCCCCCCCCCCNC(=S)NC(=O)c1cccc(I)c1. The van der Waals surface area contributed by atoms with Crippen molar-refractivity contribution in [1.29, 1.82) is 0 Å². The van der Waals surface area contributed by atoms with E-state index >= 15 is 0 Å². The van der Waals surface area contributed by atoms with E-state index in [4.69, 9.17) is 12.2 Å². The van der Waals surface area contributed by atoms with Crippen molar-refractivity contribution in [2.24, 2.45) is 0 Å². The molecule has 164 valence electrons. The fraction of sp³-hybridized carbons (Fsp3) is 0.667. The van der Waals surface area contributed by atoms with E-state index in [2.05, 4.69) is 40.1 Å². The number of thiocarbonyl (C=S) groups is 1. The Morgan fingerprint density at radius 3 is 1.90 bits per heavy atom. The minimum absolute atomic E-state index is 0.151. The summed E-state index contributed by atoms with van der Waals surface area (Å²) in [6.45, 7) is 3.10. The molecule has 0 aromatic heterocycles. The van der Waals surface area contributed by atoms with Gasteiger partial charge < -0.3 is 5.32 Å². The van der Waals surface area contributed by atoms with E-state index in [1.54, 1.807) is 6.07 Å². The Kier molecular flexibility index (Phi) is 16.5. The average molecular weight is 531 g/mol. The topological polar surface area (TPSA) is 41.1 Å². The molecule has 0 atom stereocenters. The van der Waals surface area contributed by atoms with E-state index in [1.807, 2.05) is 18.2 Å². The third-order valence-electron chi connectivity index (χ3n) is 5.13. The Labute approximate surface area is 197 Å². The molecular formula is C24H39IN2OS.